The number of nitrogens with one attached hydrogen (secondary N) is 1. The lowest BCUT2D eigenvalue weighted by Gasteiger charge is -2.31. The Morgan fingerprint density at radius 1 is 1.33 bits per heavy atom. The van der Waals surface area contributed by atoms with Crippen molar-refractivity contribution >= 4 is 5.84 Å². The van der Waals surface area contributed by atoms with E-state index in [-0.39, 0.29) is 24.4 Å². The van der Waals surface area contributed by atoms with Crippen molar-refractivity contribution in [1.29, 1.82) is 0 Å². The number of halogens is 1. The molecule has 0 heterocycles. The van der Waals surface area contributed by atoms with Gasteiger partial charge in [0.2, 0.25) is 0 Å². The molecule has 5 N–H and O–H groups in total. The van der Waals surface area contributed by atoms with Crippen LogP contribution in [0.4, 0.5) is 4.39 Å². The van der Waals surface area contributed by atoms with Crippen LogP contribution in [-0.4, -0.2) is 28.8 Å². The lowest BCUT2D eigenvalue weighted by Crippen LogP contribution is -2.39. The second kappa shape index (κ2) is 7.38. The van der Waals surface area contributed by atoms with Crippen LogP contribution >= 0.6 is 0 Å². The predicted molar refractivity (Wildman–Crippen MR) is 78.6 cm³/mol. The SMILES string of the molecule is N/C(=N/O)c1cc(F)cc(CNC2CCCCC2CO)c1. The van der Waals surface area contributed by atoms with Crippen LogP contribution in [0.15, 0.2) is 23.4 Å². The molecular weight excluding hydrogens is 273 g/mol. The van der Waals surface area contributed by atoms with Crippen molar-refractivity contribution in [3.05, 3.63) is 35.1 Å². The normalized spacial score (nSPS) is 23.2. The second-order valence-electron chi connectivity index (χ2n) is 5.55. The topological polar surface area (TPSA) is 90.9 Å². The maximum absolute atomic E-state index is 13.6. The highest BCUT2D eigenvalue weighted by Gasteiger charge is 2.23. The number of hydrogen-bond acceptors (Lipinski definition) is 4. The maximum Gasteiger partial charge on any atom is 0.170 e. The lowest BCUT2D eigenvalue weighted by atomic mass is 9.85. The summed E-state index contributed by atoms with van der Waals surface area (Å²) in [5, 5.41) is 24.3. The van der Waals surface area contributed by atoms with Crippen molar-refractivity contribution in [2.45, 2.75) is 38.3 Å². The van der Waals surface area contributed by atoms with Gasteiger partial charge in [-0.2, -0.15) is 0 Å². The molecule has 1 aromatic carbocycles. The molecule has 0 aliphatic heterocycles. The summed E-state index contributed by atoms with van der Waals surface area (Å²) in [4.78, 5) is 0. The number of oxime groups is 1. The van der Waals surface area contributed by atoms with E-state index in [4.69, 9.17) is 10.9 Å². The van der Waals surface area contributed by atoms with Gasteiger partial charge in [-0.15, -0.1) is 0 Å². The molecule has 6 heteroatoms. The smallest absolute Gasteiger partial charge is 0.170 e. The molecule has 1 fully saturated rings. The van der Waals surface area contributed by atoms with Crippen molar-refractivity contribution in [3.63, 3.8) is 0 Å². The summed E-state index contributed by atoms with van der Waals surface area (Å²) >= 11 is 0. The van der Waals surface area contributed by atoms with Gasteiger partial charge in [0, 0.05) is 24.8 Å². The van der Waals surface area contributed by atoms with Gasteiger partial charge in [0.15, 0.2) is 5.84 Å². The Labute approximate surface area is 123 Å². The Morgan fingerprint density at radius 3 is 2.81 bits per heavy atom. The van der Waals surface area contributed by atoms with Crippen molar-refractivity contribution < 1.29 is 14.7 Å². The van der Waals surface area contributed by atoms with Crippen LogP contribution in [0.25, 0.3) is 0 Å². The highest BCUT2D eigenvalue weighted by atomic mass is 19.1. The Balaban J connectivity index is 2.04. The molecule has 0 radical (unpaired) electrons. The van der Waals surface area contributed by atoms with E-state index in [1.807, 2.05) is 0 Å². The molecule has 21 heavy (non-hydrogen) atoms. The zero-order valence-electron chi connectivity index (χ0n) is 11.9. The van der Waals surface area contributed by atoms with E-state index in [1.165, 1.54) is 12.1 Å². The largest absolute Gasteiger partial charge is 0.409 e. The monoisotopic (exact) mass is 295 g/mol. The minimum atomic E-state index is -0.418. The molecule has 1 aromatic rings. The number of aliphatic hydroxyl groups excluding tert-OH is 1. The van der Waals surface area contributed by atoms with Crippen LogP contribution < -0.4 is 11.1 Å². The first kappa shape index (κ1) is 15.7. The van der Waals surface area contributed by atoms with E-state index >= 15 is 0 Å². The third-order valence-electron chi connectivity index (χ3n) is 4.07. The van der Waals surface area contributed by atoms with Gasteiger partial charge in [0.05, 0.1) is 0 Å². The van der Waals surface area contributed by atoms with E-state index in [2.05, 4.69) is 10.5 Å². The molecule has 0 saturated heterocycles. The molecule has 116 valence electrons. The summed E-state index contributed by atoms with van der Waals surface area (Å²) in [5.41, 5.74) is 6.59. The average molecular weight is 295 g/mol. The molecule has 1 aliphatic rings. The first-order valence-electron chi connectivity index (χ1n) is 7.25. The first-order chi connectivity index (χ1) is 10.1. The number of aliphatic hydroxyl groups is 1. The number of nitrogens with zero attached hydrogens (tertiary/aromatic N) is 1. The minimum absolute atomic E-state index is 0.110. The summed E-state index contributed by atoms with van der Waals surface area (Å²) in [6.45, 7) is 0.667. The highest BCUT2D eigenvalue weighted by molar-refractivity contribution is 5.97. The van der Waals surface area contributed by atoms with Crippen molar-refractivity contribution in [1.82, 2.24) is 5.32 Å². The van der Waals surface area contributed by atoms with Crippen LogP contribution in [0.2, 0.25) is 0 Å². The molecule has 5 nitrogen and oxygen atoms in total. The van der Waals surface area contributed by atoms with E-state index in [0.29, 0.717) is 12.1 Å². The molecule has 0 aromatic heterocycles. The summed E-state index contributed by atoms with van der Waals surface area (Å²) in [5.74, 6) is -0.268. The lowest BCUT2D eigenvalue weighted by molar-refractivity contribution is 0.152. The van der Waals surface area contributed by atoms with E-state index in [0.717, 1.165) is 31.2 Å². The Morgan fingerprint density at radius 2 is 2.10 bits per heavy atom. The summed E-state index contributed by atoms with van der Waals surface area (Å²) in [7, 11) is 0. The molecule has 0 spiro atoms. The van der Waals surface area contributed by atoms with Crippen molar-refractivity contribution in [2.75, 3.05) is 6.61 Å². The second-order valence-corrected chi connectivity index (χ2v) is 5.55. The summed E-state index contributed by atoms with van der Waals surface area (Å²) < 4.78 is 13.6. The van der Waals surface area contributed by atoms with Gasteiger partial charge in [-0.1, -0.05) is 18.0 Å². The number of hydrogen-bond donors (Lipinski definition) is 4. The Kier molecular flexibility index (Phi) is 5.52. The fourth-order valence-electron chi connectivity index (χ4n) is 2.90. The molecule has 1 saturated carbocycles. The summed E-state index contributed by atoms with van der Waals surface area (Å²) in [6.07, 6.45) is 4.34. The Hall–Kier alpha value is -1.66. The highest BCUT2D eigenvalue weighted by Crippen LogP contribution is 2.24. The molecule has 2 unspecified atom stereocenters. The van der Waals surface area contributed by atoms with Gasteiger partial charge in [-0.25, -0.2) is 4.39 Å². The van der Waals surface area contributed by atoms with Crippen molar-refractivity contribution in [2.24, 2.45) is 16.8 Å². The number of rotatable bonds is 5. The average Bonchev–Trinajstić information content (AvgIpc) is 2.51. The quantitative estimate of drug-likeness (QED) is 0.287. The van der Waals surface area contributed by atoms with Crippen LogP contribution in [0, 0.1) is 11.7 Å². The Bertz CT molecular complexity index is 508. The van der Waals surface area contributed by atoms with Gasteiger partial charge >= 0.3 is 0 Å². The van der Waals surface area contributed by atoms with Crippen LogP contribution in [0.1, 0.15) is 36.8 Å². The van der Waals surface area contributed by atoms with Crippen LogP contribution in [-0.2, 0) is 6.54 Å². The number of amidine groups is 1. The van der Waals surface area contributed by atoms with Crippen molar-refractivity contribution in [3.8, 4) is 0 Å². The predicted octanol–water partition coefficient (Wildman–Crippen LogP) is 1.56. The minimum Gasteiger partial charge on any atom is -0.409 e. The van der Waals surface area contributed by atoms with E-state index in [1.54, 1.807) is 6.07 Å². The molecule has 1 aliphatic carbocycles. The van der Waals surface area contributed by atoms with Gasteiger partial charge in [0.1, 0.15) is 5.82 Å². The van der Waals surface area contributed by atoms with E-state index in [9.17, 15) is 9.50 Å². The molecular formula is C15H22FN3O2. The molecule has 2 rings (SSSR count). The van der Waals surface area contributed by atoms with Gasteiger partial charge in [-0.05, 0) is 42.5 Å². The first-order valence-corrected chi connectivity index (χ1v) is 7.25. The number of benzene rings is 1. The number of nitrogens with two attached hydrogens (primary N) is 1. The maximum atomic E-state index is 13.6. The standard InChI is InChI=1S/C15H22FN3O2/c16-13-6-10(5-12(7-13)15(17)19-21)8-18-14-4-2-1-3-11(14)9-20/h5-7,11,14,18,20-21H,1-4,8-9H2,(H2,17,19). The molecule has 0 bridgehead atoms. The zero-order valence-corrected chi connectivity index (χ0v) is 11.9. The van der Waals surface area contributed by atoms with Crippen LogP contribution in [0.5, 0.6) is 0 Å². The van der Waals surface area contributed by atoms with Gasteiger partial charge < -0.3 is 21.4 Å². The fourth-order valence-corrected chi connectivity index (χ4v) is 2.90. The fraction of sp³-hybridized carbons (Fsp3) is 0.533. The zero-order chi connectivity index (χ0) is 15.2. The third kappa shape index (κ3) is 4.15. The third-order valence-corrected chi connectivity index (χ3v) is 4.07. The van der Waals surface area contributed by atoms with E-state index < -0.39 is 5.82 Å². The van der Waals surface area contributed by atoms with Gasteiger partial charge in [0.25, 0.3) is 0 Å². The summed E-state index contributed by atoms with van der Waals surface area (Å²) in [6, 6.07) is 4.61. The van der Waals surface area contributed by atoms with Crippen LogP contribution in [0.3, 0.4) is 0 Å². The molecule has 0 amide bonds. The van der Waals surface area contributed by atoms with Gasteiger partial charge in [-0.3, -0.25) is 0 Å². The molecule has 2 atom stereocenters.